The molecule has 1 aliphatic rings. The lowest BCUT2D eigenvalue weighted by Gasteiger charge is -2.28. The van der Waals surface area contributed by atoms with Gasteiger partial charge < -0.3 is 4.74 Å². The summed E-state index contributed by atoms with van der Waals surface area (Å²) in [7, 11) is 0. The van der Waals surface area contributed by atoms with Gasteiger partial charge in [-0.05, 0) is 29.3 Å². The van der Waals surface area contributed by atoms with Gasteiger partial charge in [0.1, 0.15) is 5.76 Å². The van der Waals surface area contributed by atoms with Gasteiger partial charge in [-0.2, -0.15) is 0 Å². The molecule has 3 heteroatoms. The summed E-state index contributed by atoms with van der Waals surface area (Å²) in [6, 6.07) is 0. The van der Waals surface area contributed by atoms with Crippen molar-refractivity contribution in [1.82, 2.24) is 0 Å². The maximum Gasteiger partial charge on any atom is 0.178 e. The van der Waals surface area contributed by atoms with Gasteiger partial charge in [0, 0.05) is 11.8 Å². The van der Waals surface area contributed by atoms with Crippen molar-refractivity contribution >= 4 is 21.7 Å². The van der Waals surface area contributed by atoms with Crippen LogP contribution in [0, 0.1) is 5.41 Å². The molecule has 1 aliphatic carbocycles. The molecule has 0 amide bonds. The zero-order valence-corrected chi connectivity index (χ0v) is 9.90. The quantitative estimate of drug-likeness (QED) is 0.749. The van der Waals surface area contributed by atoms with Gasteiger partial charge in [0.25, 0.3) is 0 Å². The number of carbonyl (C=O) groups excluding carboxylic acids is 1. The van der Waals surface area contributed by atoms with E-state index in [9.17, 15) is 4.79 Å². The Morgan fingerprint density at radius 2 is 2.15 bits per heavy atom. The third kappa shape index (κ3) is 2.13. The lowest BCUT2D eigenvalue weighted by molar-refractivity contribution is -0.123. The highest BCUT2D eigenvalue weighted by atomic mass is 79.9. The van der Waals surface area contributed by atoms with E-state index in [0.717, 1.165) is 18.6 Å². The third-order valence-corrected chi connectivity index (χ3v) is 3.16. The SMILES string of the molecule is CCOC1=C(Br)C(=O)C(C)(C)CC1. The van der Waals surface area contributed by atoms with E-state index in [1.165, 1.54) is 0 Å². The van der Waals surface area contributed by atoms with Crippen molar-refractivity contribution in [2.45, 2.75) is 33.6 Å². The topological polar surface area (TPSA) is 26.3 Å². The van der Waals surface area contributed by atoms with Gasteiger partial charge in [-0.15, -0.1) is 0 Å². The molecule has 0 aromatic carbocycles. The summed E-state index contributed by atoms with van der Waals surface area (Å²) in [6.45, 7) is 6.49. The van der Waals surface area contributed by atoms with Gasteiger partial charge in [0.05, 0.1) is 11.1 Å². The van der Waals surface area contributed by atoms with Crippen LogP contribution in [-0.4, -0.2) is 12.4 Å². The molecule has 0 unspecified atom stereocenters. The fourth-order valence-electron chi connectivity index (χ4n) is 1.38. The smallest absolute Gasteiger partial charge is 0.178 e. The number of ether oxygens (including phenoxy) is 1. The predicted octanol–water partition coefficient (Wildman–Crippen LogP) is 3.02. The predicted molar refractivity (Wildman–Crippen MR) is 55.6 cm³/mol. The molecular formula is C10H15BrO2. The number of rotatable bonds is 2. The van der Waals surface area contributed by atoms with E-state index < -0.39 is 0 Å². The number of hydrogen-bond acceptors (Lipinski definition) is 2. The molecule has 0 bridgehead atoms. The first-order chi connectivity index (χ1) is 5.99. The third-order valence-electron chi connectivity index (χ3n) is 2.35. The first-order valence-electron chi connectivity index (χ1n) is 4.55. The Morgan fingerprint density at radius 3 is 2.69 bits per heavy atom. The molecule has 0 saturated heterocycles. The first-order valence-corrected chi connectivity index (χ1v) is 5.34. The van der Waals surface area contributed by atoms with Crippen molar-refractivity contribution in [3.8, 4) is 0 Å². The first kappa shape index (κ1) is 10.8. The summed E-state index contributed by atoms with van der Waals surface area (Å²) in [5, 5.41) is 0. The Balaban J connectivity index is 2.89. The van der Waals surface area contributed by atoms with Gasteiger partial charge in [0.2, 0.25) is 0 Å². The van der Waals surface area contributed by atoms with E-state index in [-0.39, 0.29) is 11.2 Å². The lowest BCUT2D eigenvalue weighted by atomic mass is 9.79. The number of halogens is 1. The molecule has 0 aromatic rings. The van der Waals surface area contributed by atoms with Crippen LogP contribution in [0.1, 0.15) is 33.6 Å². The number of allylic oxidation sites excluding steroid dienone is 2. The van der Waals surface area contributed by atoms with Crippen LogP contribution in [0.5, 0.6) is 0 Å². The van der Waals surface area contributed by atoms with Gasteiger partial charge in [-0.1, -0.05) is 13.8 Å². The largest absolute Gasteiger partial charge is 0.497 e. The minimum Gasteiger partial charge on any atom is -0.497 e. The van der Waals surface area contributed by atoms with Crippen molar-refractivity contribution in [2.24, 2.45) is 5.41 Å². The zero-order chi connectivity index (χ0) is 10.1. The summed E-state index contributed by atoms with van der Waals surface area (Å²) in [6.07, 6.45) is 1.73. The molecule has 0 spiro atoms. The second kappa shape index (κ2) is 3.82. The summed E-state index contributed by atoms with van der Waals surface area (Å²) in [4.78, 5) is 11.7. The number of ketones is 1. The van der Waals surface area contributed by atoms with Crippen LogP contribution in [0.25, 0.3) is 0 Å². The zero-order valence-electron chi connectivity index (χ0n) is 8.32. The van der Waals surface area contributed by atoms with Gasteiger partial charge in [0.15, 0.2) is 5.78 Å². The molecule has 0 fully saturated rings. The number of hydrogen-bond donors (Lipinski definition) is 0. The van der Waals surface area contributed by atoms with Crippen molar-refractivity contribution in [3.05, 3.63) is 10.2 Å². The Hall–Kier alpha value is -0.310. The Morgan fingerprint density at radius 1 is 1.54 bits per heavy atom. The Kier molecular flexibility index (Phi) is 3.17. The summed E-state index contributed by atoms with van der Waals surface area (Å²) in [5.74, 6) is 0.967. The average molecular weight is 247 g/mol. The average Bonchev–Trinajstić information content (AvgIpc) is 2.07. The number of Topliss-reactive ketones (excluding diaryl/α,β-unsaturated/α-hetero) is 1. The van der Waals surface area contributed by atoms with Crippen molar-refractivity contribution < 1.29 is 9.53 Å². The van der Waals surface area contributed by atoms with E-state index >= 15 is 0 Å². The molecule has 13 heavy (non-hydrogen) atoms. The van der Waals surface area contributed by atoms with E-state index in [1.54, 1.807) is 0 Å². The Labute approximate surface area is 87.5 Å². The molecule has 0 N–H and O–H groups in total. The molecule has 0 aromatic heterocycles. The van der Waals surface area contributed by atoms with E-state index in [1.807, 2.05) is 20.8 Å². The second-order valence-corrected chi connectivity index (χ2v) is 4.68. The molecule has 0 heterocycles. The fraction of sp³-hybridized carbons (Fsp3) is 0.700. The standard InChI is InChI=1S/C10H15BrO2/c1-4-13-7-5-6-10(2,3)9(12)8(7)11/h4-6H2,1-3H3. The summed E-state index contributed by atoms with van der Waals surface area (Å²) >= 11 is 3.30. The Bertz CT molecular complexity index is 254. The minimum absolute atomic E-state index is 0.155. The molecule has 0 saturated carbocycles. The monoisotopic (exact) mass is 246 g/mol. The van der Waals surface area contributed by atoms with Gasteiger partial charge in [-0.25, -0.2) is 0 Å². The van der Waals surface area contributed by atoms with Crippen molar-refractivity contribution in [2.75, 3.05) is 6.61 Å². The van der Waals surface area contributed by atoms with E-state index in [4.69, 9.17) is 4.74 Å². The van der Waals surface area contributed by atoms with Gasteiger partial charge in [-0.3, -0.25) is 4.79 Å². The maximum absolute atomic E-state index is 11.7. The van der Waals surface area contributed by atoms with Crippen LogP contribution in [-0.2, 0) is 9.53 Å². The molecule has 74 valence electrons. The summed E-state index contributed by atoms with van der Waals surface area (Å²) < 4.78 is 6.00. The highest BCUT2D eigenvalue weighted by Crippen LogP contribution is 2.38. The second-order valence-electron chi connectivity index (χ2n) is 3.88. The molecular weight excluding hydrogens is 232 g/mol. The molecule has 2 nitrogen and oxygen atoms in total. The highest BCUT2D eigenvalue weighted by Gasteiger charge is 2.35. The highest BCUT2D eigenvalue weighted by molar-refractivity contribution is 9.12. The number of carbonyl (C=O) groups is 1. The van der Waals surface area contributed by atoms with E-state index in [0.29, 0.717) is 11.1 Å². The van der Waals surface area contributed by atoms with Crippen molar-refractivity contribution in [1.29, 1.82) is 0 Å². The van der Waals surface area contributed by atoms with Crippen LogP contribution in [0.15, 0.2) is 10.2 Å². The normalized spacial score (nSPS) is 22.0. The fourth-order valence-corrected chi connectivity index (χ4v) is 2.23. The molecule has 0 atom stereocenters. The van der Waals surface area contributed by atoms with Crippen LogP contribution < -0.4 is 0 Å². The van der Waals surface area contributed by atoms with Crippen LogP contribution >= 0.6 is 15.9 Å². The van der Waals surface area contributed by atoms with Crippen LogP contribution in [0.4, 0.5) is 0 Å². The van der Waals surface area contributed by atoms with Crippen LogP contribution in [0.3, 0.4) is 0 Å². The minimum atomic E-state index is -0.237. The van der Waals surface area contributed by atoms with Crippen molar-refractivity contribution in [3.63, 3.8) is 0 Å². The molecule has 0 aliphatic heterocycles. The molecule has 1 rings (SSSR count). The molecule has 0 radical (unpaired) electrons. The van der Waals surface area contributed by atoms with Gasteiger partial charge >= 0.3 is 0 Å². The van der Waals surface area contributed by atoms with Crippen LogP contribution in [0.2, 0.25) is 0 Å². The maximum atomic E-state index is 11.7. The lowest BCUT2D eigenvalue weighted by Crippen LogP contribution is -2.29. The summed E-state index contributed by atoms with van der Waals surface area (Å²) in [5.41, 5.74) is -0.237. The van der Waals surface area contributed by atoms with E-state index in [2.05, 4.69) is 15.9 Å².